The molecule has 0 atom stereocenters. The summed E-state index contributed by atoms with van der Waals surface area (Å²) in [4.78, 5) is 12.5. The SMILES string of the molecule is CCOCc1ccccc1CNC(=O)C1(CN)CCCC1.Cl. The molecule has 1 aromatic carbocycles. The van der Waals surface area contributed by atoms with Crippen LogP contribution in [0.2, 0.25) is 0 Å². The van der Waals surface area contributed by atoms with Crippen molar-refractivity contribution in [2.75, 3.05) is 13.2 Å². The molecule has 0 bridgehead atoms. The van der Waals surface area contributed by atoms with Crippen LogP contribution in [0.4, 0.5) is 0 Å². The Bertz CT molecular complexity index is 473. The number of nitrogens with one attached hydrogen (secondary N) is 1. The minimum atomic E-state index is -0.338. The number of carbonyl (C=O) groups is 1. The van der Waals surface area contributed by atoms with Gasteiger partial charge >= 0.3 is 0 Å². The quantitative estimate of drug-likeness (QED) is 0.809. The average Bonchev–Trinajstić information content (AvgIpc) is 3.01. The molecule has 0 saturated heterocycles. The first-order chi connectivity index (χ1) is 10.2. The highest BCUT2D eigenvalue weighted by atomic mass is 35.5. The van der Waals surface area contributed by atoms with Crippen molar-refractivity contribution in [1.29, 1.82) is 0 Å². The van der Waals surface area contributed by atoms with Crippen molar-refractivity contribution < 1.29 is 9.53 Å². The molecule has 1 saturated carbocycles. The van der Waals surface area contributed by atoms with Crippen LogP contribution in [0.15, 0.2) is 24.3 Å². The molecule has 0 spiro atoms. The van der Waals surface area contributed by atoms with Gasteiger partial charge in [0.05, 0.1) is 12.0 Å². The first-order valence-corrected chi connectivity index (χ1v) is 7.85. The molecule has 1 amide bonds. The Balaban J connectivity index is 0.00000242. The maximum absolute atomic E-state index is 12.5. The van der Waals surface area contributed by atoms with Gasteiger partial charge in [-0.05, 0) is 30.9 Å². The van der Waals surface area contributed by atoms with Gasteiger partial charge in [-0.15, -0.1) is 12.4 Å². The van der Waals surface area contributed by atoms with E-state index in [1.54, 1.807) is 0 Å². The fraction of sp³-hybridized carbons (Fsp3) is 0.588. The summed E-state index contributed by atoms with van der Waals surface area (Å²) in [6, 6.07) is 8.08. The number of nitrogens with two attached hydrogens (primary N) is 1. The van der Waals surface area contributed by atoms with Crippen molar-refractivity contribution in [3.05, 3.63) is 35.4 Å². The van der Waals surface area contributed by atoms with Crippen LogP contribution in [0, 0.1) is 5.41 Å². The second-order valence-electron chi connectivity index (χ2n) is 5.78. The third-order valence-corrected chi connectivity index (χ3v) is 4.45. The summed E-state index contributed by atoms with van der Waals surface area (Å²) in [5.41, 5.74) is 7.76. The molecular formula is C17H27ClN2O2. The first kappa shape index (κ1) is 18.9. The van der Waals surface area contributed by atoms with Gasteiger partial charge in [-0.25, -0.2) is 0 Å². The summed E-state index contributed by atoms with van der Waals surface area (Å²) in [7, 11) is 0. The van der Waals surface area contributed by atoms with E-state index in [4.69, 9.17) is 10.5 Å². The van der Waals surface area contributed by atoms with Crippen molar-refractivity contribution in [2.45, 2.75) is 45.8 Å². The van der Waals surface area contributed by atoms with Crippen LogP contribution in [-0.4, -0.2) is 19.1 Å². The van der Waals surface area contributed by atoms with E-state index in [1.807, 2.05) is 31.2 Å². The summed E-state index contributed by atoms with van der Waals surface area (Å²) >= 11 is 0. The van der Waals surface area contributed by atoms with Gasteiger partial charge in [0.15, 0.2) is 0 Å². The van der Waals surface area contributed by atoms with Crippen LogP contribution in [0.5, 0.6) is 0 Å². The molecule has 3 N–H and O–H groups in total. The Hall–Kier alpha value is -1.10. The lowest BCUT2D eigenvalue weighted by Crippen LogP contribution is -2.43. The Morgan fingerprint density at radius 1 is 1.27 bits per heavy atom. The topological polar surface area (TPSA) is 64.3 Å². The lowest BCUT2D eigenvalue weighted by molar-refractivity contribution is -0.130. The van der Waals surface area contributed by atoms with Crippen LogP contribution >= 0.6 is 12.4 Å². The van der Waals surface area contributed by atoms with Crippen molar-refractivity contribution in [2.24, 2.45) is 11.1 Å². The standard InChI is InChI=1S/C17H26N2O2.ClH/c1-2-21-12-15-8-4-3-7-14(15)11-19-16(20)17(13-18)9-5-6-10-17;/h3-4,7-8H,2,5-6,9-13,18H2,1H3,(H,19,20);1H. The average molecular weight is 327 g/mol. The van der Waals surface area contributed by atoms with E-state index in [0.29, 0.717) is 26.3 Å². The van der Waals surface area contributed by atoms with Gasteiger partial charge in [-0.1, -0.05) is 37.1 Å². The van der Waals surface area contributed by atoms with E-state index in [-0.39, 0.29) is 23.7 Å². The second kappa shape index (κ2) is 9.13. The summed E-state index contributed by atoms with van der Waals surface area (Å²) in [5, 5.41) is 3.07. The van der Waals surface area contributed by atoms with Crippen molar-refractivity contribution >= 4 is 18.3 Å². The van der Waals surface area contributed by atoms with Gasteiger partial charge in [-0.3, -0.25) is 4.79 Å². The third-order valence-electron chi connectivity index (χ3n) is 4.45. The molecule has 2 rings (SSSR count). The van der Waals surface area contributed by atoms with E-state index in [2.05, 4.69) is 5.32 Å². The van der Waals surface area contributed by atoms with Crippen molar-refractivity contribution in [1.82, 2.24) is 5.32 Å². The van der Waals surface area contributed by atoms with Gasteiger partial charge in [0, 0.05) is 19.7 Å². The molecule has 124 valence electrons. The van der Waals surface area contributed by atoms with Gasteiger partial charge in [0.1, 0.15) is 0 Å². The number of rotatable bonds is 7. The zero-order valence-corrected chi connectivity index (χ0v) is 14.1. The number of halogens is 1. The fourth-order valence-corrected chi connectivity index (χ4v) is 3.02. The monoisotopic (exact) mass is 326 g/mol. The molecular weight excluding hydrogens is 300 g/mol. The number of hydrogen-bond acceptors (Lipinski definition) is 3. The smallest absolute Gasteiger partial charge is 0.227 e. The van der Waals surface area contributed by atoms with Crippen LogP contribution in [0.3, 0.4) is 0 Å². The molecule has 1 aliphatic carbocycles. The lowest BCUT2D eigenvalue weighted by Gasteiger charge is -2.26. The van der Waals surface area contributed by atoms with Crippen molar-refractivity contribution in [3.63, 3.8) is 0 Å². The highest BCUT2D eigenvalue weighted by Crippen LogP contribution is 2.37. The summed E-state index contributed by atoms with van der Waals surface area (Å²) < 4.78 is 5.48. The van der Waals surface area contributed by atoms with E-state index in [9.17, 15) is 4.79 Å². The lowest BCUT2D eigenvalue weighted by atomic mass is 9.85. The van der Waals surface area contributed by atoms with Crippen LogP contribution in [-0.2, 0) is 22.7 Å². The third kappa shape index (κ3) is 4.45. The molecule has 0 radical (unpaired) electrons. The molecule has 1 aliphatic rings. The fourth-order valence-electron chi connectivity index (χ4n) is 3.02. The summed E-state index contributed by atoms with van der Waals surface area (Å²) in [6.45, 7) is 4.25. The number of amides is 1. The summed E-state index contributed by atoms with van der Waals surface area (Å²) in [6.07, 6.45) is 4.03. The molecule has 5 heteroatoms. The van der Waals surface area contributed by atoms with Gasteiger partial charge in [0.2, 0.25) is 5.91 Å². The number of benzene rings is 1. The Labute approximate surface area is 139 Å². The molecule has 1 aromatic rings. The molecule has 22 heavy (non-hydrogen) atoms. The normalized spacial score (nSPS) is 16.1. The Morgan fingerprint density at radius 3 is 2.50 bits per heavy atom. The highest BCUT2D eigenvalue weighted by molar-refractivity contribution is 5.85. The first-order valence-electron chi connectivity index (χ1n) is 7.85. The molecule has 0 aliphatic heterocycles. The number of hydrogen-bond donors (Lipinski definition) is 2. The molecule has 0 unspecified atom stereocenters. The van der Waals surface area contributed by atoms with E-state index >= 15 is 0 Å². The molecule has 1 fully saturated rings. The highest BCUT2D eigenvalue weighted by Gasteiger charge is 2.39. The molecule has 0 aromatic heterocycles. The minimum absolute atomic E-state index is 0. The van der Waals surface area contributed by atoms with Gasteiger partial charge in [-0.2, -0.15) is 0 Å². The second-order valence-corrected chi connectivity index (χ2v) is 5.78. The maximum atomic E-state index is 12.5. The van der Waals surface area contributed by atoms with Gasteiger partial charge < -0.3 is 15.8 Å². The zero-order chi connectivity index (χ0) is 15.1. The van der Waals surface area contributed by atoms with Crippen molar-refractivity contribution in [3.8, 4) is 0 Å². The predicted octanol–water partition coefficient (Wildman–Crippen LogP) is 2.78. The number of ether oxygens (including phenoxy) is 1. The van der Waals surface area contributed by atoms with E-state index in [0.717, 1.165) is 36.8 Å². The van der Waals surface area contributed by atoms with E-state index in [1.165, 1.54) is 0 Å². The predicted molar refractivity (Wildman–Crippen MR) is 90.8 cm³/mol. The molecule has 4 nitrogen and oxygen atoms in total. The molecule has 0 heterocycles. The summed E-state index contributed by atoms with van der Waals surface area (Å²) in [5.74, 6) is 0.105. The zero-order valence-electron chi connectivity index (χ0n) is 13.3. The van der Waals surface area contributed by atoms with Crippen LogP contribution < -0.4 is 11.1 Å². The van der Waals surface area contributed by atoms with Crippen LogP contribution in [0.1, 0.15) is 43.7 Å². The Morgan fingerprint density at radius 2 is 1.91 bits per heavy atom. The minimum Gasteiger partial charge on any atom is -0.377 e. The van der Waals surface area contributed by atoms with E-state index < -0.39 is 0 Å². The van der Waals surface area contributed by atoms with Crippen LogP contribution in [0.25, 0.3) is 0 Å². The number of carbonyl (C=O) groups excluding carboxylic acids is 1. The Kier molecular flexibility index (Phi) is 7.87. The maximum Gasteiger partial charge on any atom is 0.227 e. The largest absolute Gasteiger partial charge is 0.377 e. The van der Waals surface area contributed by atoms with Gasteiger partial charge in [0.25, 0.3) is 0 Å².